The summed E-state index contributed by atoms with van der Waals surface area (Å²) >= 11 is 0. The monoisotopic (exact) mass is 508 g/mol. The Labute approximate surface area is 205 Å². The molecule has 0 aliphatic carbocycles. The molecule has 2 heterocycles. The summed E-state index contributed by atoms with van der Waals surface area (Å²) in [6, 6.07) is -0.657. The number of carbonyl (C=O) groups is 8. The maximum Gasteiger partial charge on any atom is 0.333 e. The maximum absolute atomic E-state index is 12.4. The van der Waals surface area contributed by atoms with Gasteiger partial charge in [-0.15, -0.1) is 5.06 Å². The standard InChI is InChI=1S/C21H28N6O9/c22-14(28)11-24-16(30)12-23-10-13(3-8-21(35)36-27-19(33)6-7-20(27)34)25-15(29)2-1-9-26-17(31)4-5-18(26)32/h4-5,13,23H,1-3,6-12H2,(H2,22,28)(H,24,30)(H,25,29). The number of nitrogens with zero attached hydrogens (tertiary/aromatic N) is 2. The molecule has 0 saturated carbocycles. The van der Waals surface area contributed by atoms with E-state index in [2.05, 4.69) is 16.0 Å². The lowest BCUT2D eigenvalue weighted by atomic mass is 10.1. The third-order valence-electron chi connectivity index (χ3n) is 5.08. The van der Waals surface area contributed by atoms with Gasteiger partial charge in [0.15, 0.2) is 0 Å². The van der Waals surface area contributed by atoms with Gasteiger partial charge in [-0.25, -0.2) is 4.79 Å². The fourth-order valence-electron chi connectivity index (χ4n) is 3.28. The molecule has 5 N–H and O–H groups in total. The highest BCUT2D eigenvalue weighted by Gasteiger charge is 2.33. The van der Waals surface area contributed by atoms with Gasteiger partial charge in [0.2, 0.25) is 17.7 Å². The van der Waals surface area contributed by atoms with Crippen LogP contribution in [0.1, 0.15) is 38.5 Å². The van der Waals surface area contributed by atoms with Crippen LogP contribution in [0.3, 0.4) is 0 Å². The van der Waals surface area contributed by atoms with Crippen molar-refractivity contribution in [3.05, 3.63) is 12.2 Å². The SMILES string of the molecule is NC(=O)CNC(=O)CNCC(CCC(=O)ON1C(=O)CCC1=O)NC(=O)CCCN1C(=O)C=CC1=O. The number of hydrogen-bond acceptors (Lipinski definition) is 10. The Balaban J connectivity index is 1.82. The van der Waals surface area contributed by atoms with Gasteiger partial charge in [0.25, 0.3) is 23.6 Å². The molecule has 15 heteroatoms. The summed E-state index contributed by atoms with van der Waals surface area (Å²) in [4.78, 5) is 99.1. The van der Waals surface area contributed by atoms with Crippen LogP contribution in [0.5, 0.6) is 0 Å². The summed E-state index contributed by atoms with van der Waals surface area (Å²) in [6.45, 7) is -0.423. The summed E-state index contributed by atoms with van der Waals surface area (Å²) < 4.78 is 0. The first-order chi connectivity index (χ1) is 17.1. The zero-order valence-electron chi connectivity index (χ0n) is 19.4. The van der Waals surface area contributed by atoms with Gasteiger partial charge in [0, 0.05) is 57.0 Å². The summed E-state index contributed by atoms with van der Waals surface area (Å²) in [6.07, 6.45) is 2.19. The predicted octanol–water partition coefficient (Wildman–Crippen LogP) is -3.25. The third kappa shape index (κ3) is 9.25. The van der Waals surface area contributed by atoms with E-state index in [1.165, 1.54) is 0 Å². The highest BCUT2D eigenvalue weighted by molar-refractivity contribution is 6.12. The first kappa shape index (κ1) is 28.1. The molecule has 7 amide bonds. The topological polar surface area (TPSA) is 214 Å². The molecule has 0 aromatic heterocycles. The quantitative estimate of drug-likeness (QED) is 0.162. The van der Waals surface area contributed by atoms with E-state index in [-0.39, 0.29) is 64.7 Å². The summed E-state index contributed by atoms with van der Waals surface area (Å²) in [5.74, 6) is -4.65. The van der Waals surface area contributed by atoms with Gasteiger partial charge in [0.1, 0.15) is 0 Å². The molecule has 0 aromatic rings. The van der Waals surface area contributed by atoms with Crippen molar-refractivity contribution in [1.82, 2.24) is 25.9 Å². The lowest BCUT2D eigenvalue weighted by molar-refractivity contribution is -0.197. The van der Waals surface area contributed by atoms with Crippen LogP contribution in [0, 0.1) is 0 Å². The molecule has 36 heavy (non-hydrogen) atoms. The van der Waals surface area contributed by atoms with Crippen molar-refractivity contribution in [2.24, 2.45) is 5.73 Å². The van der Waals surface area contributed by atoms with Crippen molar-refractivity contribution in [2.45, 2.75) is 44.6 Å². The van der Waals surface area contributed by atoms with E-state index >= 15 is 0 Å². The highest BCUT2D eigenvalue weighted by Crippen LogP contribution is 2.13. The molecule has 2 rings (SSSR count). The van der Waals surface area contributed by atoms with E-state index < -0.39 is 53.4 Å². The number of nitrogens with one attached hydrogen (secondary N) is 3. The fraction of sp³-hybridized carbons (Fsp3) is 0.524. The van der Waals surface area contributed by atoms with Gasteiger partial charge in [-0.05, 0) is 12.8 Å². The molecule has 1 unspecified atom stereocenters. The molecule has 0 radical (unpaired) electrons. The number of rotatable bonds is 15. The zero-order chi connectivity index (χ0) is 26.7. The number of carbonyl (C=O) groups excluding carboxylic acids is 8. The normalized spacial score (nSPS) is 15.9. The molecule has 2 aliphatic heterocycles. The molecule has 15 nitrogen and oxygen atoms in total. The van der Waals surface area contributed by atoms with Crippen molar-refractivity contribution in [2.75, 3.05) is 26.2 Å². The van der Waals surface area contributed by atoms with E-state index in [1.807, 2.05) is 0 Å². The van der Waals surface area contributed by atoms with Crippen LogP contribution in [0.25, 0.3) is 0 Å². The zero-order valence-corrected chi connectivity index (χ0v) is 19.4. The maximum atomic E-state index is 12.4. The predicted molar refractivity (Wildman–Crippen MR) is 119 cm³/mol. The highest BCUT2D eigenvalue weighted by atomic mass is 16.7. The molecule has 0 spiro atoms. The minimum absolute atomic E-state index is 0.0200. The van der Waals surface area contributed by atoms with Crippen molar-refractivity contribution in [1.29, 1.82) is 0 Å². The number of hydrogen-bond donors (Lipinski definition) is 4. The molecule has 2 aliphatic rings. The fourth-order valence-corrected chi connectivity index (χ4v) is 3.28. The van der Waals surface area contributed by atoms with Crippen LogP contribution in [0.15, 0.2) is 12.2 Å². The molecule has 0 bridgehead atoms. The second-order valence-electron chi connectivity index (χ2n) is 7.99. The molecule has 0 aromatic carbocycles. The van der Waals surface area contributed by atoms with Crippen LogP contribution in [-0.2, 0) is 43.2 Å². The molecule has 1 saturated heterocycles. The van der Waals surface area contributed by atoms with Gasteiger partial charge in [0.05, 0.1) is 13.1 Å². The van der Waals surface area contributed by atoms with Crippen LogP contribution < -0.4 is 21.7 Å². The smallest absolute Gasteiger partial charge is 0.333 e. The number of nitrogens with two attached hydrogens (primary N) is 1. The summed E-state index contributed by atoms with van der Waals surface area (Å²) in [7, 11) is 0. The van der Waals surface area contributed by atoms with E-state index in [1.54, 1.807) is 0 Å². The van der Waals surface area contributed by atoms with Crippen molar-refractivity contribution in [3.63, 3.8) is 0 Å². The van der Waals surface area contributed by atoms with Gasteiger partial charge in [-0.1, -0.05) is 0 Å². The van der Waals surface area contributed by atoms with Crippen LogP contribution in [0.4, 0.5) is 0 Å². The van der Waals surface area contributed by atoms with E-state index in [0.29, 0.717) is 5.06 Å². The molecular weight excluding hydrogens is 480 g/mol. The Morgan fingerprint density at radius 2 is 1.58 bits per heavy atom. The Kier molecular flexibility index (Phi) is 10.7. The first-order valence-electron chi connectivity index (χ1n) is 11.2. The van der Waals surface area contributed by atoms with Crippen LogP contribution in [0.2, 0.25) is 0 Å². The average molecular weight is 508 g/mol. The number of imide groups is 2. The minimum Gasteiger partial charge on any atom is -0.368 e. The van der Waals surface area contributed by atoms with Gasteiger partial charge in [-0.3, -0.25) is 38.5 Å². The van der Waals surface area contributed by atoms with Gasteiger partial charge >= 0.3 is 5.97 Å². The lowest BCUT2D eigenvalue weighted by Gasteiger charge is -2.20. The molecular formula is C21H28N6O9. The molecule has 1 atom stereocenters. The van der Waals surface area contributed by atoms with Crippen molar-refractivity contribution in [3.8, 4) is 0 Å². The Morgan fingerprint density at radius 3 is 2.19 bits per heavy atom. The second kappa shape index (κ2) is 13.7. The van der Waals surface area contributed by atoms with E-state index in [0.717, 1.165) is 17.1 Å². The summed E-state index contributed by atoms with van der Waals surface area (Å²) in [5, 5.41) is 8.18. The van der Waals surface area contributed by atoms with Gasteiger partial charge in [-0.2, -0.15) is 0 Å². The summed E-state index contributed by atoms with van der Waals surface area (Å²) in [5.41, 5.74) is 4.96. The largest absolute Gasteiger partial charge is 0.368 e. The van der Waals surface area contributed by atoms with Gasteiger partial charge < -0.3 is 26.5 Å². The average Bonchev–Trinajstić information content (AvgIpc) is 3.31. The first-order valence-corrected chi connectivity index (χ1v) is 11.2. The van der Waals surface area contributed by atoms with Crippen LogP contribution >= 0.6 is 0 Å². The third-order valence-corrected chi connectivity index (χ3v) is 5.08. The number of hydroxylamine groups is 2. The number of primary amides is 1. The molecule has 196 valence electrons. The lowest BCUT2D eigenvalue weighted by Crippen LogP contribution is -2.46. The van der Waals surface area contributed by atoms with E-state index in [4.69, 9.17) is 10.6 Å². The van der Waals surface area contributed by atoms with Crippen molar-refractivity contribution < 1.29 is 43.2 Å². The molecule has 1 fully saturated rings. The van der Waals surface area contributed by atoms with Crippen LogP contribution in [-0.4, -0.2) is 89.5 Å². The minimum atomic E-state index is -0.851. The number of amides is 7. The second-order valence-corrected chi connectivity index (χ2v) is 7.99. The van der Waals surface area contributed by atoms with Crippen molar-refractivity contribution >= 4 is 47.3 Å². The Bertz CT molecular complexity index is 930. The Hall–Kier alpha value is -4.14. The Morgan fingerprint density at radius 1 is 0.944 bits per heavy atom. The van der Waals surface area contributed by atoms with E-state index in [9.17, 15) is 38.4 Å².